The summed E-state index contributed by atoms with van der Waals surface area (Å²) in [6.45, 7) is 0. The van der Waals surface area contributed by atoms with Crippen molar-refractivity contribution in [3.05, 3.63) is 52.1 Å². The molecule has 0 unspecified atom stereocenters. The maximum atomic E-state index is 10.6. The van der Waals surface area contributed by atoms with Crippen molar-refractivity contribution in [3.8, 4) is 17.2 Å². The molecular weight excluding hydrogens is 300 g/mol. The Morgan fingerprint density at radius 2 is 1.57 bits per heavy atom. The molecule has 0 saturated carbocycles. The minimum atomic E-state index is -0.452. The van der Waals surface area contributed by atoms with Crippen LogP contribution in [-0.4, -0.2) is 32.5 Å². The summed E-state index contributed by atoms with van der Waals surface area (Å²) in [6.07, 6.45) is 1.62. The maximum absolute atomic E-state index is 10.6. The van der Waals surface area contributed by atoms with Crippen LogP contribution in [0.2, 0.25) is 0 Å². The molecule has 0 bridgehead atoms. The van der Waals surface area contributed by atoms with Crippen molar-refractivity contribution in [3.63, 3.8) is 0 Å². The Balaban J connectivity index is 2.30. The van der Waals surface area contributed by atoms with E-state index in [9.17, 15) is 10.1 Å². The summed E-state index contributed by atoms with van der Waals surface area (Å²) in [6, 6.07) is 9.48. The molecule has 0 saturated heterocycles. The van der Waals surface area contributed by atoms with Crippen molar-refractivity contribution < 1.29 is 19.1 Å². The minimum Gasteiger partial charge on any atom is -0.493 e. The number of hydrogen-bond acceptors (Lipinski definition) is 6. The van der Waals surface area contributed by atoms with Gasteiger partial charge in [-0.2, -0.15) is 0 Å². The number of benzene rings is 2. The zero-order valence-electron chi connectivity index (χ0n) is 13.0. The second kappa shape index (κ2) is 7.26. The van der Waals surface area contributed by atoms with E-state index in [1.165, 1.54) is 33.5 Å². The zero-order chi connectivity index (χ0) is 16.8. The lowest BCUT2D eigenvalue weighted by Crippen LogP contribution is -1.96. The number of non-ortho nitro benzene ring substituents is 1. The van der Waals surface area contributed by atoms with Crippen LogP contribution in [0.15, 0.2) is 41.4 Å². The van der Waals surface area contributed by atoms with Crippen LogP contribution in [0.4, 0.5) is 11.4 Å². The molecule has 0 aliphatic carbocycles. The van der Waals surface area contributed by atoms with E-state index in [0.29, 0.717) is 22.9 Å². The molecule has 0 aliphatic heterocycles. The number of hydrogen-bond donors (Lipinski definition) is 0. The molecule has 0 N–H and O–H groups in total. The average molecular weight is 316 g/mol. The van der Waals surface area contributed by atoms with E-state index in [-0.39, 0.29) is 5.69 Å². The second-order valence-corrected chi connectivity index (χ2v) is 4.49. The molecule has 0 fully saturated rings. The van der Waals surface area contributed by atoms with Gasteiger partial charge in [0.15, 0.2) is 11.5 Å². The first-order valence-corrected chi connectivity index (χ1v) is 6.67. The molecule has 2 aromatic rings. The highest BCUT2D eigenvalue weighted by molar-refractivity contribution is 5.84. The summed E-state index contributed by atoms with van der Waals surface area (Å²) in [5, 5.41) is 10.6. The molecule has 0 atom stereocenters. The molecule has 0 aliphatic rings. The van der Waals surface area contributed by atoms with Crippen LogP contribution in [-0.2, 0) is 0 Å². The Morgan fingerprint density at radius 1 is 1.00 bits per heavy atom. The van der Waals surface area contributed by atoms with Crippen molar-refractivity contribution in [2.24, 2.45) is 4.99 Å². The summed E-state index contributed by atoms with van der Waals surface area (Å²) in [7, 11) is 4.61. The molecule has 0 amide bonds. The van der Waals surface area contributed by atoms with Crippen molar-refractivity contribution in [1.82, 2.24) is 0 Å². The summed E-state index contributed by atoms with van der Waals surface area (Å²) >= 11 is 0. The molecule has 7 heteroatoms. The van der Waals surface area contributed by atoms with Crippen molar-refractivity contribution in [2.45, 2.75) is 0 Å². The highest BCUT2D eigenvalue weighted by Gasteiger charge is 2.12. The normalized spacial score (nSPS) is 10.6. The van der Waals surface area contributed by atoms with Gasteiger partial charge in [-0.15, -0.1) is 0 Å². The molecule has 2 rings (SSSR count). The third kappa shape index (κ3) is 3.76. The van der Waals surface area contributed by atoms with Gasteiger partial charge in [0.05, 0.1) is 31.9 Å². The predicted molar refractivity (Wildman–Crippen MR) is 86.4 cm³/mol. The Kier molecular flexibility index (Phi) is 5.14. The Morgan fingerprint density at radius 3 is 2.00 bits per heavy atom. The van der Waals surface area contributed by atoms with Gasteiger partial charge in [-0.25, -0.2) is 0 Å². The lowest BCUT2D eigenvalue weighted by molar-refractivity contribution is -0.384. The van der Waals surface area contributed by atoms with Gasteiger partial charge in [0.25, 0.3) is 5.69 Å². The van der Waals surface area contributed by atoms with Crippen LogP contribution in [0.1, 0.15) is 5.56 Å². The summed E-state index contributed by atoms with van der Waals surface area (Å²) < 4.78 is 15.8. The summed E-state index contributed by atoms with van der Waals surface area (Å²) in [4.78, 5) is 14.5. The molecular formula is C16H16N2O5. The van der Waals surface area contributed by atoms with E-state index in [0.717, 1.165) is 5.56 Å². The first kappa shape index (κ1) is 16.3. The van der Waals surface area contributed by atoms with E-state index in [2.05, 4.69) is 4.99 Å². The summed E-state index contributed by atoms with van der Waals surface area (Å²) in [5.74, 6) is 1.55. The third-order valence-electron chi connectivity index (χ3n) is 3.11. The number of aliphatic imine (C=N–C) groups is 1. The highest BCUT2D eigenvalue weighted by atomic mass is 16.6. The minimum absolute atomic E-state index is 0.0248. The quantitative estimate of drug-likeness (QED) is 0.463. The standard InChI is InChI=1S/C16H16N2O5/c1-21-14-8-11(9-15(22-2)16(14)23-3)10-17-12-4-6-13(7-5-12)18(19)20/h4-10H,1-3H3. The maximum Gasteiger partial charge on any atom is 0.269 e. The molecule has 7 nitrogen and oxygen atoms in total. The van der Waals surface area contributed by atoms with Crippen molar-refractivity contribution in [1.29, 1.82) is 0 Å². The number of nitrogens with zero attached hydrogens (tertiary/aromatic N) is 2. The zero-order valence-corrected chi connectivity index (χ0v) is 13.0. The fourth-order valence-electron chi connectivity index (χ4n) is 1.99. The Hall–Kier alpha value is -3.09. The first-order valence-electron chi connectivity index (χ1n) is 6.67. The molecule has 0 spiro atoms. The van der Waals surface area contributed by atoms with E-state index in [4.69, 9.17) is 14.2 Å². The smallest absolute Gasteiger partial charge is 0.269 e. The van der Waals surface area contributed by atoms with Gasteiger partial charge >= 0.3 is 0 Å². The monoisotopic (exact) mass is 316 g/mol. The molecule has 2 aromatic carbocycles. The van der Waals surface area contributed by atoms with E-state index < -0.39 is 4.92 Å². The van der Waals surface area contributed by atoms with Crippen LogP contribution >= 0.6 is 0 Å². The molecule has 23 heavy (non-hydrogen) atoms. The molecule has 0 aromatic heterocycles. The van der Waals surface area contributed by atoms with E-state index >= 15 is 0 Å². The number of ether oxygens (including phenoxy) is 3. The number of rotatable bonds is 6. The van der Waals surface area contributed by atoms with Gasteiger partial charge in [-0.05, 0) is 24.3 Å². The van der Waals surface area contributed by atoms with E-state index in [1.54, 1.807) is 30.5 Å². The van der Waals surface area contributed by atoms with Crippen molar-refractivity contribution >= 4 is 17.6 Å². The summed E-state index contributed by atoms with van der Waals surface area (Å²) in [5.41, 5.74) is 1.37. The van der Waals surface area contributed by atoms with E-state index in [1.807, 2.05) is 0 Å². The fourth-order valence-corrected chi connectivity index (χ4v) is 1.99. The average Bonchev–Trinajstić information content (AvgIpc) is 2.59. The first-order chi connectivity index (χ1) is 11.1. The van der Waals surface area contributed by atoms with Crippen LogP contribution < -0.4 is 14.2 Å². The van der Waals surface area contributed by atoms with Crippen LogP contribution in [0, 0.1) is 10.1 Å². The van der Waals surface area contributed by atoms with Gasteiger partial charge in [-0.3, -0.25) is 15.1 Å². The number of nitro benzene ring substituents is 1. The lowest BCUT2D eigenvalue weighted by atomic mass is 10.2. The Bertz CT molecular complexity index is 701. The van der Waals surface area contributed by atoms with Crippen LogP contribution in [0.25, 0.3) is 0 Å². The van der Waals surface area contributed by atoms with Crippen LogP contribution in [0.3, 0.4) is 0 Å². The molecule has 0 heterocycles. The van der Waals surface area contributed by atoms with Gasteiger partial charge in [0.1, 0.15) is 0 Å². The number of nitro groups is 1. The van der Waals surface area contributed by atoms with Crippen LogP contribution in [0.5, 0.6) is 17.2 Å². The van der Waals surface area contributed by atoms with Gasteiger partial charge in [0.2, 0.25) is 5.75 Å². The SMILES string of the molecule is COc1cc(C=Nc2ccc([N+](=O)[O-])cc2)cc(OC)c1OC. The van der Waals surface area contributed by atoms with Gasteiger partial charge in [-0.1, -0.05) is 0 Å². The second-order valence-electron chi connectivity index (χ2n) is 4.49. The predicted octanol–water partition coefficient (Wildman–Crippen LogP) is 3.37. The highest BCUT2D eigenvalue weighted by Crippen LogP contribution is 2.37. The lowest BCUT2D eigenvalue weighted by Gasteiger charge is -2.12. The van der Waals surface area contributed by atoms with Gasteiger partial charge in [0, 0.05) is 23.9 Å². The van der Waals surface area contributed by atoms with Gasteiger partial charge < -0.3 is 14.2 Å². The fraction of sp³-hybridized carbons (Fsp3) is 0.188. The molecule has 120 valence electrons. The third-order valence-corrected chi connectivity index (χ3v) is 3.11. The topological polar surface area (TPSA) is 83.2 Å². The van der Waals surface area contributed by atoms with Crippen molar-refractivity contribution in [2.75, 3.05) is 21.3 Å². The largest absolute Gasteiger partial charge is 0.493 e. The number of methoxy groups -OCH3 is 3. The molecule has 0 radical (unpaired) electrons. The Labute approximate surface area is 133 Å².